The highest BCUT2D eigenvalue weighted by molar-refractivity contribution is 8.01. The van der Waals surface area contributed by atoms with Gasteiger partial charge in [0.2, 0.25) is 11.7 Å². The van der Waals surface area contributed by atoms with E-state index in [-0.39, 0.29) is 24.6 Å². The van der Waals surface area contributed by atoms with Crippen molar-refractivity contribution in [2.75, 3.05) is 32.0 Å². The zero-order chi connectivity index (χ0) is 27.4. The van der Waals surface area contributed by atoms with E-state index in [1.165, 1.54) is 42.9 Å². The molecule has 10 nitrogen and oxygen atoms in total. The Morgan fingerprint density at radius 2 is 1.74 bits per heavy atom. The first-order chi connectivity index (χ1) is 18.2. The molecule has 1 spiro atoms. The maximum absolute atomic E-state index is 14.0. The van der Waals surface area contributed by atoms with Crippen LogP contribution in [-0.2, 0) is 25.8 Å². The third-order valence-electron chi connectivity index (χ3n) is 7.12. The molecule has 0 aromatic heterocycles. The minimum absolute atomic E-state index is 0.0462. The lowest BCUT2D eigenvalue weighted by molar-refractivity contribution is -0.130. The summed E-state index contributed by atoms with van der Waals surface area (Å²) in [4.78, 5) is 56.8. The van der Waals surface area contributed by atoms with Crippen molar-refractivity contribution in [1.82, 2.24) is 9.80 Å². The van der Waals surface area contributed by atoms with Crippen molar-refractivity contribution in [1.29, 1.82) is 0 Å². The van der Waals surface area contributed by atoms with Gasteiger partial charge in [0, 0.05) is 17.7 Å². The number of fused-ring (bicyclic) bond motifs is 4. The molecular formula is C27H29N3O7S. The molecule has 200 valence electrons. The molecule has 3 aliphatic rings. The molecule has 2 aromatic carbocycles. The Hall–Kier alpha value is -3.73. The molecule has 5 rings (SSSR count). The average molecular weight is 540 g/mol. The van der Waals surface area contributed by atoms with Crippen LogP contribution in [0.1, 0.15) is 36.5 Å². The number of urea groups is 1. The van der Waals surface area contributed by atoms with Crippen LogP contribution >= 0.6 is 11.8 Å². The van der Waals surface area contributed by atoms with Crippen LogP contribution in [0.3, 0.4) is 0 Å². The summed E-state index contributed by atoms with van der Waals surface area (Å²) < 4.78 is 16.2. The number of carbonyl (C=O) groups excluding carboxylic acids is 4. The first kappa shape index (κ1) is 25.9. The van der Waals surface area contributed by atoms with Gasteiger partial charge in [-0.05, 0) is 37.1 Å². The second-order valence-corrected chi connectivity index (χ2v) is 10.6. The lowest BCUT2D eigenvalue weighted by atomic mass is 10.0. The van der Waals surface area contributed by atoms with Crippen LogP contribution < -0.4 is 19.1 Å². The molecule has 2 saturated heterocycles. The van der Waals surface area contributed by atoms with Gasteiger partial charge >= 0.3 is 6.03 Å². The minimum atomic E-state index is -1.48. The van der Waals surface area contributed by atoms with Gasteiger partial charge in [0.1, 0.15) is 6.04 Å². The molecule has 2 atom stereocenters. The number of thioether (sulfide) groups is 1. The molecule has 0 N–H and O–H groups in total. The topological polar surface area (TPSA) is 106 Å². The van der Waals surface area contributed by atoms with E-state index >= 15 is 0 Å². The number of rotatable bonds is 7. The van der Waals surface area contributed by atoms with E-state index in [0.717, 1.165) is 10.5 Å². The monoisotopic (exact) mass is 539 g/mol. The molecule has 0 unspecified atom stereocenters. The van der Waals surface area contributed by atoms with Gasteiger partial charge in [-0.3, -0.25) is 24.2 Å². The highest BCUT2D eigenvalue weighted by atomic mass is 32.2. The van der Waals surface area contributed by atoms with Gasteiger partial charge < -0.3 is 14.2 Å². The van der Waals surface area contributed by atoms with Crippen molar-refractivity contribution >= 4 is 41.2 Å². The van der Waals surface area contributed by atoms with Gasteiger partial charge in [-0.15, -0.1) is 11.8 Å². The maximum Gasteiger partial charge on any atom is 0.329 e. The molecule has 3 aliphatic heterocycles. The minimum Gasteiger partial charge on any atom is -0.493 e. The Bertz CT molecular complexity index is 1340. The van der Waals surface area contributed by atoms with Crippen LogP contribution in [0, 0.1) is 6.92 Å². The van der Waals surface area contributed by atoms with Crippen molar-refractivity contribution < 1.29 is 33.4 Å². The number of nitrogens with zero attached hydrogens (tertiary/aromatic N) is 3. The van der Waals surface area contributed by atoms with Crippen LogP contribution in [0.25, 0.3) is 0 Å². The predicted octanol–water partition coefficient (Wildman–Crippen LogP) is 3.43. The number of amides is 5. The summed E-state index contributed by atoms with van der Waals surface area (Å²) in [6.45, 7) is 3.71. The van der Waals surface area contributed by atoms with Crippen molar-refractivity contribution in [2.45, 2.75) is 44.1 Å². The van der Waals surface area contributed by atoms with Gasteiger partial charge in [0.05, 0.1) is 33.6 Å². The summed E-state index contributed by atoms with van der Waals surface area (Å²) >= 11 is 1.23. The van der Waals surface area contributed by atoms with Crippen LogP contribution in [0.4, 0.5) is 10.5 Å². The molecule has 38 heavy (non-hydrogen) atoms. The van der Waals surface area contributed by atoms with Gasteiger partial charge in [-0.25, -0.2) is 9.69 Å². The fraction of sp³-hybridized carbons (Fsp3) is 0.407. The Morgan fingerprint density at radius 3 is 2.34 bits per heavy atom. The third-order valence-corrected chi connectivity index (χ3v) is 8.61. The molecule has 2 fully saturated rings. The number of imide groups is 2. The van der Waals surface area contributed by atoms with Crippen LogP contribution in [0.15, 0.2) is 30.3 Å². The summed E-state index contributed by atoms with van der Waals surface area (Å²) in [6.07, 6.45) is 0.777. The van der Waals surface area contributed by atoms with Gasteiger partial charge in [0.15, 0.2) is 16.4 Å². The van der Waals surface area contributed by atoms with E-state index in [9.17, 15) is 19.2 Å². The Balaban J connectivity index is 1.55. The Labute approximate surface area is 224 Å². The average Bonchev–Trinajstić information content (AvgIpc) is 3.50. The number of ether oxygens (including phenoxy) is 3. The second-order valence-electron chi connectivity index (χ2n) is 9.39. The van der Waals surface area contributed by atoms with E-state index in [1.807, 2.05) is 26.0 Å². The summed E-state index contributed by atoms with van der Waals surface area (Å²) in [5.41, 5.74) is 2.51. The predicted molar refractivity (Wildman–Crippen MR) is 140 cm³/mol. The van der Waals surface area contributed by atoms with E-state index in [0.29, 0.717) is 40.5 Å². The van der Waals surface area contributed by atoms with E-state index in [1.54, 1.807) is 18.2 Å². The molecule has 0 aliphatic carbocycles. The van der Waals surface area contributed by atoms with Gasteiger partial charge in [0.25, 0.3) is 11.8 Å². The fourth-order valence-electron chi connectivity index (χ4n) is 5.41. The smallest absolute Gasteiger partial charge is 0.329 e. The number of hydrogen-bond acceptors (Lipinski definition) is 8. The third kappa shape index (κ3) is 3.55. The molecular weight excluding hydrogens is 510 g/mol. The lowest BCUT2D eigenvalue weighted by Gasteiger charge is -2.32. The second kappa shape index (κ2) is 9.54. The SMILES string of the molecule is CCCC(=O)N1C(=O)[C@]2(SC[C@H]3C(=O)N(Cc4cc(OC)c(OC)c(OC)c4)C(=O)N32)c2cc(C)ccc21. The van der Waals surface area contributed by atoms with Crippen LogP contribution in [0.2, 0.25) is 0 Å². The quantitative estimate of drug-likeness (QED) is 0.493. The van der Waals surface area contributed by atoms with E-state index in [2.05, 4.69) is 0 Å². The number of benzene rings is 2. The highest BCUT2D eigenvalue weighted by Crippen LogP contribution is 2.58. The van der Waals surface area contributed by atoms with E-state index in [4.69, 9.17) is 14.2 Å². The fourth-order valence-corrected chi connectivity index (χ4v) is 6.98. The Kier molecular flexibility index (Phi) is 6.50. The molecule has 2 aromatic rings. The summed E-state index contributed by atoms with van der Waals surface area (Å²) in [5, 5.41) is 0. The standard InChI is InChI=1S/C27H29N3O7S/c1-6-7-22(31)29-18-9-8-15(2)10-17(18)27(25(29)33)30-19(14-38-27)24(32)28(26(30)34)13-16-11-20(35-3)23(37-5)21(12-16)36-4/h8-12,19H,6-7,13-14H2,1-5H3/t19-,27+/m0/s1. The highest BCUT2D eigenvalue weighted by Gasteiger charge is 2.68. The molecule has 0 saturated carbocycles. The van der Waals surface area contributed by atoms with Crippen molar-refractivity contribution in [3.05, 3.63) is 47.0 Å². The van der Waals surface area contributed by atoms with E-state index < -0.39 is 28.8 Å². The molecule has 0 radical (unpaired) electrons. The number of methoxy groups -OCH3 is 3. The zero-order valence-corrected chi connectivity index (χ0v) is 22.7. The van der Waals surface area contributed by atoms with Crippen LogP contribution in [0.5, 0.6) is 17.2 Å². The number of carbonyl (C=O) groups is 4. The number of hydrogen-bond donors (Lipinski definition) is 0. The molecule has 11 heteroatoms. The molecule has 5 amide bonds. The summed E-state index contributed by atoms with van der Waals surface area (Å²) in [5.74, 6) is 0.215. The largest absolute Gasteiger partial charge is 0.493 e. The summed E-state index contributed by atoms with van der Waals surface area (Å²) in [6, 6.07) is 7.37. The first-order valence-corrected chi connectivity index (χ1v) is 13.3. The lowest BCUT2D eigenvalue weighted by Crippen LogP contribution is -2.52. The van der Waals surface area contributed by atoms with Crippen LogP contribution in [-0.4, -0.2) is 66.7 Å². The number of aryl methyl sites for hydroxylation is 1. The van der Waals surface area contributed by atoms with Crippen molar-refractivity contribution in [3.63, 3.8) is 0 Å². The Morgan fingerprint density at radius 1 is 1.05 bits per heavy atom. The molecule has 3 heterocycles. The van der Waals surface area contributed by atoms with Gasteiger partial charge in [-0.1, -0.05) is 24.6 Å². The molecule has 0 bridgehead atoms. The number of anilines is 1. The van der Waals surface area contributed by atoms with Crippen molar-refractivity contribution in [3.8, 4) is 17.2 Å². The zero-order valence-electron chi connectivity index (χ0n) is 21.9. The van der Waals surface area contributed by atoms with Crippen molar-refractivity contribution in [2.24, 2.45) is 0 Å². The summed E-state index contributed by atoms with van der Waals surface area (Å²) in [7, 11) is 4.47. The maximum atomic E-state index is 14.0. The normalized spacial score (nSPS) is 21.9. The first-order valence-electron chi connectivity index (χ1n) is 12.3. The van der Waals surface area contributed by atoms with Gasteiger partial charge in [-0.2, -0.15) is 0 Å².